The van der Waals surface area contributed by atoms with Gasteiger partial charge in [0.05, 0.1) is 34.1 Å². The third-order valence-corrected chi connectivity index (χ3v) is 8.20. The zero-order chi connectivity index (χ0) is 30.7. The van der Waals surface area contributed by atoms with Crippen LogP contribution in [-0.2, 0) is 0 Å². The zero-order valence-corrected chi connectivity index (χ0v) is 25.1. The van der Waals surface area contributed by atoms with Gasteiger partial charge in [-0.1, -0.05) is 103 Å². The third kappa shape index (κ3) is 4.92. The van der Waals surface area contributed by atoms with Crippen LogP contribution in [0.25, 0.3) is 0 Å². The van der Waals surface area contributed by atoms with E-state index in [-0.39, 0.29) is 0 Å². The van der Waals surface area contributed by atoms with E-state index in [9.17, 15) is 0 Å². The second-order valence-electron chi connectivity index (χ2n) is 11.0. The normalized spacial score (nSPS) is 12.4. The van der Waals surface area contributed by atoms with Crippen molar-refractivity contribution in [2.45, 2.75) is 0 Å². The van der Waals surface area contributed by atoms with E-state index in [1.807, 2.05) is 42.5 Å². The Morgan fingerprint density at radius 2 is 0.478 bits per heavy atom. The van der Waals surface area contributed by atoms with Crippen molar-refractivity contribution in [3.05, 3.63) is 188 Å². The molecule has 0 saturated carbocycles. The smallest absolute Gasteiger partial charge is 0.151 e. The summed E-state index contributed by atoms with van der Waals surface area (Å²) in [4.78, 5) is 6.91. The molecule has 7 aromatic rings. The third-order valence-electron chi connectivity index (χ3n) is 8.20. The molecular weight excluding hydrogens is 562 g/mol. The number of para-hydroxylation sites is 11. The lowest BCUT2D eigenvalue weighted by Crippen LogP contribution is -2.23. The summed E-state index contributed by atoms with van der Waals surface area (Å²) < 4.78 is 5.99. The molecule has 0 spiro atoms. The number of hydrogen-bond donors (Lipinski definition) is 0. The number of nitrogens with zero attached hydrogens (tertiary/aromatic N) is 3. The fourth-order valence-electron chi connectivity index (χ4n) is 6.21. The van der Waals surface area contributed by atoms with Crippen molar-refractivity contribution in [1.29, 1.82) is 0 Å². The van der Waals surface area contributed by atoms with E-state index in [1.165, 1.54) is 34.1 Å². The summed E-state index contributed by atoms with van der Waals surface area (Å²) in [7, 11) is 0. The van der Waals surface area contributed by atoms with Gasteiger partial charge in [0, 0.05) is 17.1 Å². The molecule has 0 radical (unpaired) electrons. The Hall–Kier alpha value is -6.26. The lowest BCUT2D eigenvalue weighted by atomic mass is 10.0. The van der Waals surface area contributed by atoms with Crippen LogP contribution in [0.1, 0.15) is 0 Å². The van der Waals surface area contributed by atoms with Gasteiger partial charge in [-0.3, -0.25) is 0 Å². The highest BCUT2D eigenvalue weighted by Gasteiger charge is 2.29. The Kier molecular flexibility index (Phi) is 7.14. The minimum Gasteiger partial charge on any atom is -0.453 e. The minimum absolute atomic E-state index is 0.884. The van der Waals surface area contributed by atoms with Crippen LogP contribution in [-0.4, -0.2) is 0 Å². The molecular formula is C42H31N3O. The molecule has 0 atom stereocenters. The standard InChI is InChI=1S/C24H18N2.C18H13NO/c1-3-11-19(12-4-1)25-21-15-7-9-17-23(21)26(20-13-5-2-6-14-20)24-18-10-8-16-22(24)25;1-2-8-14(9-3-1)19-15-10-4-6-12-17(15)20-18-13-7-5-11-16(18)19/h1-18H;1-13H. The predicted molar refractivity (Wildman–Crippen MR) is 191 cm³/mol. The van der Waals surface area contributed by atoms with Crippen LogP contribution in [0.5, 0.6) is 11.5 Å². The first-order valence-electron chi connectivity index (χ1n) is 15.5. The van der Waals surface area contributed by atoms with Gasteiger partial charge in [0.25, 0.3) is 0 Å². The zero-order valence-electron chi connectivity index (χ0n) is 25.1. The van der Waals surface area contributed by atoms with Gasteiger partial charge in [-0.05, 0) is 84.9 Å². The fraction of sp³-hybridized carbons (Fsp3) is 0. The summed E-state index contributed by atoms with van der Waals surface area (Å²) in [6.45, 7) is 0. The molecule has 0 fully saturated rings. The maximum Gasteiger partial charge on any atom is 0.151 e. The van der Waals surface area contributed by atoms with Crippen molar-refractivity contribution in [3.63, 3.8) is 0 Å². The minimum atomic E-state index is 0.884. The van der Waals surface area contributed by atoms with Crippen molar-refractivity contribution in [3.8, 4) is 11.5 Å². The van der Waals surface area contributed by atoms with E-state index < -0.39 is 0 Å². The van der Waals surface area contributed by atoms with Crippen molar-refractivity contribution >= 4 is 51.2 Å². The Labute approximate surface area is 269 Å². The molecule has 0 saturated heterocycles. The molecule has 0 aromatic heterocycles. The van der Waals surface area contributed by atoms with Crippen LogP contribution in [0.3, 0.4) is 0 Å². The van der Waals surface area contributed by atoms with Crippen LogP contribution in [0.2, 0.25) is 0 Å². The summed E-state index contributed by atoms with van der Waals surface area (Å²) in [5.74, 6) is 1.77. The maximum atomic E-state index is 5.99. The molecule has 0 N–H and O–H groups in total. The van der Waals surface area contributed by atoms with Crippen molar-refractivity contribution in [1.82, 2.24) is 0 Å². The first kappa shape index (κ1) is 27.3. The molecule has 0 unspecified atom stereocenters. The Balaban J connectivity index is 0.000000140. The number of hydrogen-bond acceptors (Lipinski definition) is 4. The Bertz CT molecular complexity index is 1920. The number of fused-ring (bicyclic) bond motifs is 4. The highest BCUT2D eigenvalue weighted by molar-refractivity contribution is 6.01. The predicted octanol–water partition coefficient (Wildman–Crippen LogP) is 12.2. The molecule has 0 aliphatic carbocycles. The number of rotatable bonds is 3. The lowest BCUT2D eigenvalue weighted by molar-refractivity contribution is 0.477. The second kappa shape index (κ2) is 12.0. The maximum absolute atomic E-state index is 5.99. The number of ether oxygens (including phenoxy) is 1. The first-order chi connectivity index (χ1) is 22.9. The summed E-state index contributed by atoms with van der Waals surface area (Å²) >= 11 is 0. The average Bonchev–Trinajstić information content (AvgIpc) is 3.14. The van der Waals surface area contributed by atoms with E-state index in [0.29, 0.717) is 0 Å². The molecule has 0 bridgehead atoms. The van der Waals surface area contributed by atoms with E-state index in [0.717, 1.165) is 28.6 Å². The van der Waals surface area contributed by atoms with Crippen molar-refractivity contribution in [2.75, 3.05) is 14.7 Å². The van der Waals surface area contributed by atoms with Gasteiger partial charge in [0.2, 0.25) is 0 Å². The fourth-order valence-corrected chi connectivity index (χ4v) is 6.21. The largest absolute Gasteiger partial charge is 0.453 e. The van der Waals surface area contributed by atoms with Crippen molar-refractivity contribution in [2.24, 2.45) is 0 Å². The number of benzene rings is 7. The molecule has 7 aromatic carbocycles. The summed E-state index contributed by atoms with van der Waals surface area (Å²) in [6.07, 6.45) is 0. The van der Waals surface area contributed by atoms with E-state index >= 15 is 0 Å². The monoisotopic (exact) mass is 593 g/mol. The number of anilines is 9. The Morgan fingerprint density at radius 3 is 0.804 bits per heavy atom. The lowest BCUT2D eigenvalue weighted by Gasteiger charge is -2.40. The van der Waals surface area contributed by atoms with Crippen LogP contribution in [0.4, 0.5) is 51.2 Å². The highest BCUT2D eigenvalue weighted by atomic mass is 16.5. The quantitative estimate of drug-likeness (QED) is 0.203. The SMILES string of the molecule is c1ccc(N2c3ccccc3N(c3ccccc3)c3ccccc32)cc1.c1ccc(N2c3ccccc3Oc3ccccc32)cc1. The molecule has 2 heterocycles. The van der Waals surface area contributed by atoms with Gasteiger partial charge >= 0.3 is 0 Å². The summed E-state index contributed by atoms with van der Waals surface area (Å²) in [5.41, 5.74) is 10.3. The molecule has 4 heteroatoms. The van der Waals surface area contributed by atoms with Crippen LogP contribution in [0.15, 0.2) is 188 Å². The van der Waals surface area contributed by atoms with E-state index in [4.69, 9.17) is 4.74 Å². The molecule has 2 aliphatic rings. The summed E-state index contributed by atoms with van der Waals surface area (Å²) in [5, 5.41) is 0. The van der Waals surface area contributed by atoms with E-state index in [2.05, 4.69) is 160 Å². The van der Waals surface area contributed by atoms with Gasteiger partial charge in [0.1, 0.15) is 0 Å². The van der Waals surface area contributed by atoms with Crippen LogP contribution in [0, 0.1) is 0 Å². The summed E-state index contributed by atoms with van der Waals surface area (Å²) in [6, 6.07) is 64.8. The van der Waals surface area contributed by atoms with Crippen LogP contribution < -0.4 is 19.4 Å². The molecule has 220 valence electrons. The molecule has 46 heavy (non-hydrogen) atoms. The van der Waals surface area contributed by atoms with Crippen molar-refractivity contribution < 1.29 is 4.74 Å². The van der Waals surface area contributed by atoms with Gasteiger partial charge < -0.3 is 19.4 Å². The van der Waals surface area contributed by atoms with Gasteiger partial charge in [0.15, 0.2) is 11.5 Å². The molecule has 9 rings (SSSR count). The van der Waals surface area contributed by atoms with Gasteiger partial charge in [-0.25, -0.2) is 0 Å². The highest BCUT2D eigenvalue weighted by Crippen LogP contribution is 2.54. The molecule has 4 nitrogen and oxygen atoms in total. The van der Waals surface area contributed by atoms with Crippen LogP contribution >= 0.6 is 0 Å². The van der Waals surface area contributed by atoms with Gasteiger partial charge in [-0.15, -0.1) is 0 Å². The molecule has 0 amide bonds. The molecule has 2 aliphatic heterocycles. The second-order valence-corrected chi connectivity index (χ2v) is 11.0. The van der Waals surface area contributed by atoms with Gasteiger partial charge in [-0.2, -0.15) is 0 Å². The topological polar surface area (TPSA) is 19.0 Å². The Morgan fingerprint density at radius 1 is 0.239 bits per heavy atom. The first-order valence-corrected chi connectivity index (χ1v) is 15.5. The average molecular weight is 594 g/mol. The van der Waals surface area contributed by atoms with E-state index in [1.54, 1.807) is 0 Å².